The molecule has 0 heterocycles. The van der Waals surface area contributed by atoms with Gasteiger partial charge >= 0.3 is 195 Å². The molecule has 60 heavy (non-hydrogen) atoms. The van der Waals surface area contributed by atoms with Gasteiger partial charge in [0.25, 0.3) is 0 Å². The summed E-state index contributed by atoms with van der Waals surface area (Å²) in [7, 11) is 0. The quantitative estimate of drug-likeness (QED) is 0.0326. The average molecular weight is 985 g/mol. The number of aliphatic carboxylic acids is 1. The van der Waals surface area contributed by atoms with E-state index in [9.17, 15) is 57.8 Å². The Morgan fingerprint density at radius 1 is 0.600 bits per heavy atom. The first-order valence-electron chi connectivity index (χ1n) is 18.9. The van der Waals surface area contributed by atoms with E-state index >= 15 is 0 Å². The number of amides is 10. The van der Waals surface area contributed by atoms with Crippen molar-refractivity contribution < 1.29 is 63.0 Å². The first kappa shape index (κ1) is 55.2. The molecule has 0 aromatic carbocycles. The molecule has 338 valence electrons. The average Bonchev–Trinajstić information content (AvgIpc) is 3.18. The van der Waals surface area contributed by atoms with Crippen LogP contribution in [0.25, 0.3) is 0 Å². The van der Waals surface area contributed by atoms with Gasteiger partial charge in [-0.25, -0.2) is 0 Å². The predicted octanol–water partition coefficient (Wildman–Crippen LogP) is -5.74. The SMILES string of the molecule is CC[C@H](C)[C@H](NC(=O)[C@H](CO)NC(C)=O)C(=O)N[C@@H](CC(C)C)C(=O)N[C@@H](CCC(N)=O)C(=O)N[C@@H](C)C(=O)NCC(=O)N[C@H](C[Se])C(=O)N[C@H](C[Se])C(=O)NCC(=O)O. The zero-order chi connectivity index (χ0) is 46.3. The van der Waals surface area contributed by atoms with Gasteiger partial charge in [-0.1, -0.05) is 34.1 Å². The third-order valence-corrected chi connectivity index (χ3v) is 9.93. The van der Waals surface area contributed by atoms with E-state index in [0.717, 1.165) is 6.92 Å². The van der Waals surface area contributed by atoms with E-state index < -0.39 is 133 Å². The van der Waals surface area contributed by atoms with Crippen molar-refractivity contribution in [2.24, 2.45) is 17.6 Å². The molecular weight excluding hydrogens is 926 g/mol. The van der Waals surface area contributed by atoms with Crippen LogP contribution in [0.15, 0.2) is 0 Å². The molecule has 2 radical (unpaired) electrons. The van der Waals surface area contributed by atoms with E-state index in [1.807, 2.05) is 0 Å². The van der Waals surface area contributed by atoms with Crippen LogP contribution < -0.4 is 53.6 Å². The molecule has 0 spiro atoms. The number of nitrogens with two attached hydrogens (primary N) is 1. The molecule has 0 saturated carbocycles. The summed E-state index contributed by atoms with van der Waals surface area (Å²) in [6.45, 7) is 7.30. The summed E-state index contributed by atoms with van der Waals surface area (Å²) in [5.74, 6) is -9.95. The van der Waals surface area contributed by atoms with Crippen molar-refractivity contribution in [3.05, 3.63) is 0 Å². The van der Waals surface area contributed by atoms with Crippen molar-refractivity contribution in [3.63, 3.8) is 0 Å². The Morgan fingerprint density at radius 3 is 1.60 bits per heavy atom. The van der Waals surface area contributed by atoms with E-state index in [1.54, 1.807) is 27.7 Å². The number of primary amides is 1. The maximum atomic E-state index is 13.7. The zero-order valence-corrected chi connectivity index (χ0v) is 37.8. The van der Waals surface area contributed by atoms with Crippen LogP contribution in [0.4, 0.5) is 0 Å². The van der Waals surface area contributed by atoms with Gasteiger partial charge in [0.15, 0.2) is 0 Å². The Morgan fingerprint density at radius 2 is 1.10 bits per heavy atom. The Kier molecular flexibility index (Phi) is 26.3. The number of hydrogen-bond donors (Lipinski definition) is 12. The minimum atomic E-state index is -1.45. The molecule has 0 aromatic rings. The monoisotopic (exact) mass is 986 g/mol. The molecule has 0 rings (SSSR count). The van der Waals surface area contributed by atoms with Crippen molar-refractivity contribution in [1.82, 2.24) is 47.9 Å². The number of hydrogen-bond acceptors (Lipinski definition) is 12. The minimum absolute atomic E-state index is 0.0110. The molecule has 23 nitrogen and oxygen atoms in total. The summed E-state index contributed by atoms with van der Waals surface area (Å²) in [6.07, 6.45) is -0.203. The van der Waals surface area contributed by atoms with Gasteiger partial charge < -0.3 is 26.8 Å². The summed E-state index contributed by atoms with van der Waals surface area (Å²) in [4.78, 5) is 138. The molecule has 8 atom stereocenters. The van der Waals surface area contributed by atoms with Gasteiger partial charge in [0.2, 0.25) is 29.5 Å². The van der Waals surface area contributed by atoms with Crippen LogP contribution in [-0.2, 0) is 52.7 Å². The summed E-state index contributed by atoms with van der Waals surface area (Å²) >= 11 is 5.14. The third kappa shape index (κ3) is 21.4. The fourth-order valence-electron chi connectivity index (χ4n) is 5.06. The number of rotatable bonds is 28. The molecular formula is C35H58N10O13Se2. The van der Waals surface area contributed by atoms with E-state index in [1.165, 1.54) is 6.92 Å². The van der Waals surface area contributed by atoms with Gasteiger partial charge in [0.1, 0.15) is 18.1 Å². The van der Waals surface area contributed by atoms with Gasteiger partial charge in [0.05, 0.1) is 6.61 Å². The number of carbonyl (C=O) groups excluding carboxylic acids is 10. The molecule has 13 N–H and O–H groups in total. The molecule has 0 aliphatic heterocycles. The van der Waals surface area contributed by atoms with Crippen molar-refractivity contribution in [3.8, 4) is 0 Å². The second-order valence-electron chi connectivity index (χ2n) is 14.1. The van der Waals surface area contributed by atoms with Gasteiger partial charge in [-0.3, -0.25) is 24.0 Å². The van der Waals surface area contributed by atoms with Crippen LogP contribution in [0.2, 0.25) is 10.6 Å². The molecule has 0 unspecified atom stereocenters. The summed E-state index contributed by atoms with van der Waals surface area (Å²) in [5.41, 5.74) is 5.30. The van der Waals surface area contributed by atoms with Gasteiger partial charge in [-0.15, -0.1) is 0 Å². The summed E-state index contributed by atoms with van der Waals surface area (Å²) in [6, 6.07) is -8.91. The topological polar surface area (TPSA) is 363 Å². The summed E-state index contributed by atoms with van der Waals surface area (Å²) in [5, 5.41) is 39.8. The number of carboxylic acid groups (broad SMARTS) is 1. The maximum absolute atomic E-state index is 13.7. The molecule has 0 fully saturated rings. The van der Waals surface area contributed by atoms with Crippen molar-refractivity contribution in [2.45, 2.75) is 120 Å². The van der Waals surface area contributed by atoms with E-state index in [0.29, 0.717) is 6.42 Å². The van der Waals surface area contributed by atoms with E-state index in [2.05, 4.69) is 79.9 Å². The zero-order valence-electron chi connectivity index (χ0n) is 34.3. The molecule has 0 aromatic heterocycles. The normalized spacial score (nSPS) is 14.8. The molecule has 0 aliphatic carbocycles. The number of aliphatic hydroxyl groups excluding tert-OH is 1. The second kappa shape index (κ2) is 28.6. The standard InChI is InChI=1S/C35H58N10O13Se2/c1-7-17(4)28(45-33(56)22(13-46)40-19(6)47)35(58)43-21(10-16(2)3)32(55)42-20(8-9-25(36)48)31(54)39-18(5)29(52)37-11-26(49)41-24(15-60)34(57)44-23(14-59)30(53)38-12-27(50)51/h16-18,20-24,28,46H,7-15H2,1-6H3,(H2,36,48)(H,37,52)(H,38,53)(H,39,54)(H,40,47)(H,41,49)(H,42,55)(H,43,58)(H,44,57)(H,45,56)(H,50,51)/t17-,18-,20-,21-,22-,23+,24+,28-/m0/s1. The van der Waals surface area contributed by atoms with Crippen LogP contribution in [0.1, 0.15) is 67.2 Å². The molecule has 25 heteroatoms. The third-order valence-electron chi connectivity index (χ3n) is 8.53. The first-order chi connectivity index (χ1) is 28.0. The van der Waals surface area contributed by atoms with Crippen LogP contribution in [0.3, 0.4) is 0 Å². The molecule has 0 aliphatic rings. The van der Waals surface area contributed by atoms with Gasteiger partial charge in [-0.2, -0.15) is 0 Å². The number of carbonyl (C=O) groups is 11. The fourth-order valence-corrected chi connectivity index (χ4v) is 6.04. The van der Waals surface area contributed by atoms with Crippen LogP contribution >= 0.6 is 0 Å². The molecule has 0 saturated heterocycles. The Balaban J connectivity index is 5.79. The van der Waals surface area contributed by atoms with Crippen molar-refractivity contribution in [2.75, 3.05) is 19.7 Å². The number of carboxylic acids is 1. The van der Waals surface area contributed by atoms with Crippen LogP contribution in [-0.4, -0.2) is 169 Å². The van der Waals surface area contributed by atoms with Crippen molar-refractivity contribution >= 4 is 97.1 Å². The van der Waals surface area contributed by atoms with Crippen molar-refractivity contribution in [1.29, 1.82) is 0 Å². The predicted molar refractivity (Wildman–Crippen MR) is 214 cm³/mol. The van der Waals surface area contributed by atoms with Crippen LogP contribution in [0.5, 0.6) is 0 Å². The molecule has 0 bridgehead atoms. The van der Waals surface area contributed by atoms with Gasteiger partial charge in [-0.05, 0) is 18.3 Å². The Labute approximate surface area is 364 Å². The molecule has 10 amide bonds. The summed E-state index contributed by atoms with van der Waals surface area (Å²) < 4.78 is 0. The van der Waals surface area contributed by atoms with E-state index in [4.69, 9.17) is 10.8 Å². The Hall–Kier alpha value is -4.83. The fraction of sp³-hybridized carbons (Fsp3) is 0.686. The van der Waals surface area contributed by atoms with Crippen LogP contribution in [0, 0.1) is 11.8 Å². The van der Waals surface area contributed by atoms with E-state index in [-0.39, 0.29) is 35.8 Å². The van der Waals surface area contributed by atoms with Gasteiger partial charge in [0, 0.05) is 13.3 Å². The first-order valence-corrected chi connectivity index (χ1v) is 21.3. The second-order valence-corrected chi connectivity index (χ2v) is 15.5. The number of nitrogens with one attached hydrogen (secondary N) is 9. The number of aliphatic hydroxyl groups is 1. The Bertz CT molecular complexity index is 1550.